The van der Waals surface area contributed by atoms with Gasteiger partial charge in [-0.25, -0.2) is 9.59 Å². The lowest BCUT2D eigenvalue weighted by Gasteiger charge is -2.08. The molecule has 0 fully saturated rings. The topological polar surface area (TPSA) is 126 Å². The lowest BCUT2D eigenvalue weighted by atomic mass is 10.1. The number of nitriles is 1. The molecule has 0 amide bonds. The SMILES string of the molecule is CC(=O)O/N=C(\C)C(=O)c1ccc(Sc2ccc(C(=O)OCCO)cc2C#N)cc1. The van der Waals surface area contributed by atoms with Gasteiger partial charge in [0.15, 0.2) is 0 Å². The molecule has 0 bridgehead atoms. The van der Waals surface area contributed by atoms with Gasteiger partial charge in [-0.2, -0.15) is 5.26 Å². The van der Waals surface area contributed by atoms with E-state index in [9.17, 15) is 19.6 Å². The first kappa shape index (κ1) is 22.8. The Kier molecular flexibility index (Phi) is 8.29. The van der Waals surface area contributed by atoms with Gasteiger partial charge in [-0.3, -0.25) is 4.79 Å². The van der Waals surface area contributed by atoms with Crippen LogP contribution in [-0.4, -0.2) is 41.8 Å². The van der Waals surface area contributed by atoms with E-state index < -0.39 is 11.9 Å². The highest BCUT2D eigenvalue weighted by atomic mass is 32.2. The molecule has 0 aliphatic carbocycles. The van der Waals surface area contributed by atoms with Gasteiger partial charge in [0.25, 0.3) is 0 Å². The van der Waals surface area contributed by atoms with Crippen molar-refractivity contribution in [3.05, 3.63) is 59.2 Å². The van der Waals surface area contributed by atoms with Crippen LogP contribution < -0.4 is 0 Å². The predicted molar refractivity (Wildman–Crippen MR) is 108 cm³/mol. The van der Waals surface area contributed by atoms with Crippen LogP contribution in [0, 0.1) is 11.3 Å². The van der Waals surface area contributed by atoms with Gasteiger partial charge in [0.05, 0.1) is 17.7 Å². The van der Waals surface area contributed by atoms with Crippen LogP contribution in [0.3, 0.4) is 0 Å². The van der Waals surface area contributed by atoms with Crippen molar-refractivity contribution in [2.45, 2.75) is 23.6 Å². The zero-order chi connectivity index (χ0) is 22.1. The van der Waals surface area contributed by atoms with Crippen molar-refractivity contribution in [2.75, 3.05) is 13.2 Å². The molecule has 0 heterocycles. The molecule has 154 valence electrons. The lowest BCUT2D eigenvalue weighted by molar-refractivity contribution is -0.140. The Morgan fingerprint density at radius 3 is 2.37 bits per heavy atom. The Balaban J connectivity index is 2.14. The van der Waals surface area contributed by atoms with E-state index >= 15 is 0 Å². The van der Waals surface area contributed by atoms with E-state index in [2.05, 4.69) is 9.99 Å². The van der Waals surface area contributed by atoms with Crippen LogP contribution in [0.5, 0.6) is 0 Å². The summed E-state index contributed by atoms with van der Waals surface area (Å²) >= 11 is 1.29. The van der Waals surface area contributed by atoms with Gasteiger partial charge >= 0.3 is 11.9 Å². The number of carbonyl (C=O) groups is 3. The number of aliphatic hydroxyl groups excluding tert-OH is 1. The fourth-order valence-electron chi connectivity index (χ4n) is 2.24. The second-order valence-electron chi connectivity index (χ2n) is 5.90. The molecule has 0 atom stereocenters. The van der Waals surface area contributed by atoms with Crippen molar-refractivity contribution in [1.82, 2.24) is 0 Å². The summed E-state index contributed by atoms with van der Waals surface area (Å²) in [5.74, 6) is -1.61. The quantitative estimate of drug-likeness (QED) is 0.224. The number of ether oxygens (including phenoxy) is 1. The van der Waals surface area contributed by atoms with E-state index in [1.54, 1.807) is 30.3 Å². The van der Waals surface area contributed by atoms with E-state index in [4.69, 9.17) is 9.84 Å². The van der Waals surface area contributed by atoms with Gasteiger partial charge in [-0.1, -0.05) is 16.9 Å². The van der Waals surface area contributed by atoms with E-state index in [1.165, 1.54) is 37.7 Å². The van der Waals surface area contributed by atoms with Gasteiger partial charge in [-0.05, 0) is 49.4 Å². The van der Waals surface area contributed by atoms with Crippen LogP contribution in [0.4, 0.5) is 0 Å². The summed E-state index contributed by atoms with van der Waals surface area (Å²) in [4.78, 5) is 40.8. The Bertz CT molecular complexity index is 1020. The molecular formula is C21H18N2O6S. The van der Waals surface area contributed by atoms with Crippen LogP contribution in [0.1, 0.15) is 40.1 Å². The maximum atomic E-state index is 12.3. The largest absolute Gasteiger partial charge is 0.460 e. The highest BCUT2D eigenvalue weighted by molar-refractivity contribution is 7.99. The average molecular weight is 426 g/mol. The van der Waals surface area contributed by atoms with E-state index in [-0.39, 0.29) is 30.3 Å². The fraction of sp³-hybridized carbons (Fsp3) is 0.190. The van der Waals surface area contributed by atoms with E-state index in [0.29, 0.717) is 16.0 Å². The molecule has 0 aromatic heterocycles. The summed E-state index contributed by atoms with van der Waals surface area (Å²) < 4.78 is 4.85. The molecule has 8 nitrogen and oxygen atoms in total. The number of Topliss-reactive ketones (excluding diaryl/α,β-unsaturated/α-hetero) is 1. The molecule has 9 heteroatoms. The van der Waals surface area contributed by atoms with Crippen LogP contribution >= 0.6 is 11.8 Å². The molecule has 0 aliphatic heterocycles. The van der Waals surface area contributed by atoms with Crippen molar-refractivity contribution in [2.24, 2.45) is 5.16 Å². The number of nitrogens with zero attached hydrogens (tertiary/aromatic N) is 2. The number of aliphatic hydroxyl groups is 1. The van der Waals surface area contributed by atoms with Gasteiger partial charge in [0.2, 0.25) is 5.78 Å². The van der Waals surface area contributed by atoms with Crippen LogP contribution in [0.15, 0.2) is 57.4 Å². The zero-order valence-corrected chi connectivity index (χ0v) is 17.1. The minimum Gasteiger partial charge on any atom is -0.460 e. The second-order valence-corrected chi connectivity index (χ2v) is 7.01. The van der Waals surface area contributed by atoms with Gasteiger partial charge in [-0.15, -0.1) is 0 Å². The summed E-state index contributed by atoms with van der Waals surface area (Å²) in [6.45, 7) is 2.24. The maximum Gasteiger partial charge on any atom is 0.338 e. The van der Waals surface area contributed by atoms with Gasteiger partial charge in [0, 0.05) is 22.3 Å². The van der Waals surface area contributed by atoms with Crippen molar-refractivity contribution in [3.8, 4) is 6.07 Å². The van der Waals surface area contributed by atoms with Crippen LogP contribution in [-0.2, 0) is 14.4 Å². The number of rotatable bonds is 8. The van der Waals surface area contributed by atoms with Crippen LogP contribution in [0.2, 0.25) is 0 Å². The minimum absolute atomic E-state index is 0.0426. The van der Waals surface area contributed by atoms with Crippen molar-refractivity contribution < 1.29 is 29.1 Å². The third-order valence-corrected chi connectivity index (χ3v) is 4.73. The molecule has 2 aromatic carbocycles. The van der Waals surface area contributed by atoms with Crippen molar-refractivity contribution in [3.63, 3.8) is 0 Å². The maximum absolute atomic E-state index is 12.3. The first-order valence-electron chi connectivity index (χ1n) is 8.72. The Morgan fingerprint density at radius 1 is 1.10 bits per heavy atom. The van der Waals surface area contributed by atoms with Crippen molar-refractivity contribution >= 4 is 35.2 Å². The Labute approximate surface area is 177 Å². The summed E-state index contributed by atoms with van der Waals surface area (Å²) in [7, 11) is 0. The fourth-order valence-corrected chi connectivity index (χ4v) is 3.12. The van der Waals surface area contributed by atoms with E-state index in [1.807, 2.05) is 6.07 Å². The molecule has 0 aliphatic rings. The standard InChI is InChI=1S/C21H18N2O6S/c1-13(23-29-14(2)25)20(26)15-3-6-18(7-4-15)30-19-8-5-16(11-17(19)12-22)21(27)28-10-9-24/h3-8,11,24H,9-10H2,1-2H3/b23-13+. The third kappa shape index (κ3) is 6.27. The number of hydrogen-bond acceptors (Lipinski definition) is 9. The molecule has 0 spiro atoms. The summed E-state index contributed by atoms with van der Waals surface area (Å²) in [6.07, 6.45) is 0. The summed E-state index contributed by atoms with van der Waals surface area (Å²) in [6, 6.07) is 13.3. The zero-order valence-electron chi connectivity index (χ0n) is 16.2. The number of benzene rings is 2. The van der Waals surface area contributed by atoms with Gasteiger partial charge in [0.1, 0.15) is 18.4 Å². The molecule has 0 radical (unpaired) electrons. The third-order valence-electron chi connectivity index (χ3n) is 3.64. The first-order chi connectivity index (χ1) is 14.3. The average Bonchev–Trinajstić information content (AvgIpc) is 2.75. The normalized spacial score (nSPS) is 10.8. The highest BCUT2D eigenvalue weighted by Gasteiger charge is 2.14. The molecule has 0 unspecified atom stereocenters. The summed E-state index contributed by atoms with van der Waals surface area (Å²) in [5, 5.41) is 21.6. The lowest BCUT2D eigenvalue weighted by Crippen LogP contribution is -2.11. The molecule has 2 rings (SSSR count). The monoisotopic (exact) mass is 426 g/mol. The molecule has 2 aromatic rings. The first-order valence-corrected chi connectivity index (χ1v) is 9.54. The number of hydrogen-bond donors (Lipinski definition) is 1. The number of esters is 1. The minimum atomic E-state index is -0.620. The predicted octanol–water partition coefficient (Wildman–Crippen LogP) is 2.98. The summed E-state index contributed by atoms with van der Waals surface area (Å²) in [5.41, 5.74) is 0.923. The second kappa shape index (κ2) is 10.9. The molecule has 0 saturated carbocycles. The number of oxime groups is 1. The Morgan fingerprint density at radius 2 is 1.77 bits per heavy atom. The molecule has 1 N–H and O–H groups in total. The highest BCUT2D eigenvalue weighted by Crippen LogP contribution is 2.31. The Hall–Kier alpha value is -3.48. The number of carbonyl (C=O) groups excluding carboxylic acids is 3. The van der Waals surface area contributed by atoms with Crippen LogP contribution in [0.25, 0.3) is 0 Å². The van der Waals surface area contributed by atoms with E-state index in [0.717, 1.165) is 4.90 Å². The molecule has 30 heavy (non-hydrogen) atoms. The number of ketones is 1. The molecular weight excluding hydrogens is 408 g/mol. The smallest absolute Gasteiger partial charge is 0.338 e. The van der Waals surface area contributed by atoms with Gasteiger partial charge < -0.3 is 14.7 Å². The van der Waals surface area contributed by atoms with Crippen molar-refractivity contribution in [1.29, 1.82) is 5.26 Å². The molecule has 0 saturated heterocycles.